The lowest BCUT2D eigenvalue weighted by atomic mass is 9.89. The number of piperidine rings is 1. The van der Waals surface area contributed by atoms with E-state index in [-0.39, 0.29) is 17.5 Å². The molecule has 0 atom stereocenters. The highest BCUT2D eigenvalue weighted by molar-refractivity contribution is 6.01. The molecule has 1 N–H and O–H groups in total. The first-order valence-electron chi connectivity index (χ1n) is 12.8. The summed E-state index contributed by atoms with van der Waals surface area (Å²) in [5.74, 6) is -0.195. The third-order valence-corrected chi connectivity index (χ3v) is 7.12. The minimum atomic E-state index is -0.317. The van der Waals surface area contributed by atoms with Crippen LogP contribution in [0.4, 0.5) is 14.5 Å². The first kappa shape index (κ1) is 24.7. The zero-order valence-corrected chi connectivity index (χ0v) is 20.7. The summed E-state index contributed by atoms with van der Waals surface area (Å²) in [6.45, 7) is 2.20. The number of nitrogens with zero attached hydrogens (tertiary/aromatic N) is 1. The molecular formula is C32H30F2N2O. The number of carbonyl (C=O) groups is 1. The SMILES string of the molecule is O=C(NCc1ccc(F)cc1)c1ccc(N2CCC(Cc3ccccc3)CC2)cc1-c1ccc(F)cc1. The Balaban J connectivity index is 1.33. The predicted molar refractivity (Wildman–Crippen MR) is 144 cm³/mol. The van der Waals surface area contributed by atoms with Crippen LogP contribution in [0.1, 0.15) is 34.3 Å². The van der Waals surface area contributed by atoms with Gasteiger partial charge in [-0.05, 0) is 89.9 Å². The topological polar surface area (TPSA) is 32.3 Å². The molecule has 0 aromatic heterocycles. The number of benzene rings is 4. The Morgan fingerprint density at radius 2 is 1.43 bits per heavy atom. The molecule has 1 fully saturated rings. The van der Waals surface area contributed by atoms with Crippen molar-refractivity contribution in [3.63, 3.8) is 0 Å². The second-order valence-electron chi connectivity index (χ2n) is 9.67. The van der Waals surface area contributed by atoms with Crippen molar-refractivity contribution in [3.8, 4) is 11.1 Å². The smallest absolute Gasteiger partial charge is 0.252 e. The Morgan fingerprint density at radius 3 is 2.11 bits per heavy atom. The Labute approximate surface area is 216 Å². The summed E-state index contributed by atoms with van der Waals surface area (Å²) in [7, 11) is 0. The normalized spacial score (nSPS) is 13.9. The molecule has 5 rings (SSSR count). The van der Waals surface area contributed by atoms with E-state index in [4.69, 9.17) is 0 Å². The second-order valence-corrected chi connectivity index (χ2v) is 9.67. The summed E-state index contributed by atoms with van der Waals surface area (Å²) >= 11 is 0. The van der Waals surface area contributed by atoms with E-state index < -0.39 is 0 Å². The van der Waals surface area contributed by atoms with E-state index in [0.29, 0.717) is 18.0 Å². The van der Waals surface area contributed by atoms with E-state index in [1.165, 1.54) is 29.8 Å². The summed E-state index contributed by atoms with van der Waals surface area (Å²) < 4.78 is 26.9. The number of nitrogens with one attached hydrogen (secondary N) is 1. The summed E-state index contributed by atoms with van der Waals surface area (Å²) in [5.41, 5.74) is 5.34. The van der Waals surface area contributed by atoms with Crippen molar-refractivity contribution in [2.75, 3.05) is 18.0 Å². The molecule has 0 radical (unpaired) electrons. The van der Waals surface area contributed by atoms with Gasteiger partial charge in [-0.1, -0.05) is 54.6 Å². The molecule has 0 spiro atoms. The van der Waals surface area contributed by atoms with Crippen LogP contribution in [-0.2, 0) is 13.0 Å². The summed E-state index contributed by atoms with van der Waals surface area (Å²) in [6, 6.07) is 28.8. The van der Waals surface area contributed by atoms with Gasteiger partial charge in [0.2, 0.25) is 0 Å². The zero-order chi connectivity index (χ0) is 25.6. The van der Waals surface area contributed by atoms with Crippen LogP contribution < -0.4 is 10.2 Å². The van der Waals surface area contributed by atoms with Crippen molar-refractivity contribution in [2.45, 2.75) is 25.8 Å². The van der Waals surface area contributed by atoms with E-state index in [1.54, 1.807) is 24.3 Å². The average molecular weight is 497 g/mol. The van der Waals surface area contributed by atoms with Gasteiger partial charge in [-0.2, -0.15) is 0 Å². The van der Waals surface area contributed by atoms with Gasteiger partial charge in [0.1, 0.15) is 11.6 Å². The van der Waals surface area contributed by atoms with E-state index in [1.807, 2.05) is 18.2 Å². The predicted octanol–water partition coefficient (Wildman–Crippen LogP) is 7.02. The summed E-state index contributed by atoms with van der Waals surface area (Å²) in [4.78, 5) is 15.5. The first-order chi connectivity index (χ1) is 18.0. The third kappa shape index (κ3) is 6.23. The number of halogens is 2. The summed E-state index contributed by atoms with van der Waals surface area (Å²) in [6.07, 6.45) is 3.32. The molecule has 5 heteroatoms. The molecule has 0 saturated carbocycles. The van der Waals surface area contributed by atoms with Crippen molar-refractivity contribution in [3.05, 3.63) is 125 Å². The number of amides is 1. The lowest BCUT2D eigenvalue weighted by molar-refractivity contribution is 0.0951. The van der Waals surface area contributed by atoms with E-state index in [9.17, 15) is 13.6 Å². The molecule has 37 heavy (non-hydrogen) atoms. The highest BCUT2D eigenvalue weighted by atomic mass is 19.1. The van der Waals surface area contributed by atoms with E-state index in [2.05, 4.69) is 40.5 Å². The standard InChI is InChI=1S/C32H30F2N2O/c33-27-10-6-25(7-11-27)22-35-32(37)30-15-14-29(21-31(30)26-8-12-28(34)13-9-26)36-18-16-24(17-19-36)20-23-4-2-1-3-5-23/h1-15,21,24H,16-20,22H2,(H,35,37). The molecule has 188 valence electrons. The number of anilines is 1. The van der Waals surface area contributed by atoms with E-state index in [0.717, 1.165) is 54.7 Å². The molecule has 1 amide bonds. The highest BCUT2D eigenvalue weighted by Gasteiger charge is 2.22. The van der Waals surface area contributed by atoms with Crippen molar-refractivity contribution in [1.29, 1.82) is 0 Å². The van der Waals surface area contributed by atoms with Crippen molar-refractivity contribution in [2.24, 2.45) is 5.92 Å². The van der Waals surface area contributed by atoms with Crippen LogP contribution in [-0.4, -0.2) is 19.0 Å². The fourth-order valence-corrected chi connectivity index (χ4v) is 5.02. The minimum absolute atomic E-state index is 0.225. The number of rotatable bonds is 7. The molecule has 4 aromatic carbocycles. The molecule has 0 unspecified atom stereocenters. The van der Waals surface area contributed by atoms with Gasteiger partial charge in [0.05, 0.1) is 0 Å². The first-order valence-corrected chi connectivity index (χ1v) is 12.8. The molecule has 3 nitrogen and oxygen atoms in total. The molecule has 0 bridgehead atoms. The Morgan fingerprint density at radius 1 is 0.784 bits per heavy atom. The van der Waals surface area contributed by atoms with Gasteiger partial charge in [0.15, 0.2) is 0 Å². The molecule has 1 aliphatic heterocycles. The molecule has 1 heterocycles. The van der Waals surface area contributed by atoms with Crippen LogP contribution in [0.15, 0.2) is 97.1 Å². The van der Waals surface area contributed by atoms with Crippen LogP contribution in [0, 0.1) is 17.6 Å². The lowest BCUT2D eigenvalue weighted by Crippen LogP contribution is -2.34. The van der Waals surface area contributed by atoms with Gasteiger partial charge in [0.25, 0.3) is 5.91 Å². The summed E-state index contributed by atoms with van der Waals surface area (Å²) in [5, 5.41) is 2.94. The fourth-order valence-electron chi connectivity index (χ4n) is 5.02. The minimum Gasteiger partial charge on any atom is -0.371 e. The Bertz CT molecular complexity index is 1330. The van der Waals surface area contributed by atoms with Gasteiger partial charge >= 0.3 is 0 Å². The molecule has 4 aromatic rings. The fraction of sp³-hybridized carbons (Fsp3) is 0.219. The van der Waals surface area contributed by atoms with Crippen molar-refractivity contribution in [1.82, 2.24) is 5.32 Å². The van der Waals surface area contributed by atoms with Gasteiger partial charge < -0.3 is 10.2 Å². The third-order valence-electron chi connectivity index (χ3n) is 7.12. The Hall–Kier alpha value is -3.99. The van der Waals surface area contributed by atoms with Crippen LogP contribution in [0.2, 0.25) is 0 Å². The number of hydrogen-bond acceptors (Lipinski definition) is 2. The van der Waals surface area contributed by atoms with Crippen LogP contribution in [0.3, 0.4) is 0 Å². The van der Waals surface area contributed by atoms with Crippen LogP contribution >= 0.6 is 0 Å². The lowest BCUT2D eigenvalue weighted by Gasteiger charge is -2.34. The maximum absolute atomic E-state index is 13.6. The number of carbonyl (C=O) groups excluding carboxylic acids is 1. The molecule has 1 saturated heterocycles. The van der Waals surface area contributed by atoms with Crippen LogP contribution in [0.5, 0.6) is 0 Å². The van der Waals surface area contributed by atoms with Gasteiger partial charge in [0, 0.05) is 30.9 Å². The van der Waals surface area contributed by atoms with Gasteiger partial charge in [-0.25, -0.2) is 8.78 Å². The van der Waals surface area contributed by atoms with Crippen LogP contribution in [0.25, 0.3) is 11.1 Å². The monoisotopic (exact) mass is 496 g/mol. The maximum Gasteiger partial charge on any atom is 0.252 e. The highest BCUT2D eigenvalue weighted by Crippen LogP contribution is 2.32. The quantitative estimate of drug-likeness (QED) is 0.298. The van der Waals surface area contributed by atoms with Crippen molar-refractivity contribution >= 4 is 11.6 Å². The number of hydrogen-bond donors (Lipinski definition) is 1. The maximum atomic E-state index is 13.6. The second kappa shape index (κ2) is 11.4. The molecular weight excluding hydrogens is 466 g/mol. The van der Waals surface area contributed by atoms with Gasteiger partial charge in [-0.3, -0.25) is 4.79 Å². The Kier molecular flexibility index (Phi) is 7.59. The van der Waals surface area contributed by atoms with E-state index >= 15 is 0 Å². The zero-order valence-electron chi connectivity index (χ0n) is 20.7. The average Bonchev–Trinajstić information content (AvgIpc) is 2.94. The van der Waals surface area contributed by atoms with Crippen molar-refractivity contribution < 1.29 is 13.6 Å². The largest absolute Gasteiger partial charge is 0.371 e. The molecule has 0 aliphatic carbocycles. The van der Waals surface area contributed by atoms with Gasteiger partial charge in [-0.15, -0.1) is 0 Å². The molecule has 1 aliphatic rings.